The van der Waals surface area contributed by atoms with E-state index in [0.29, 0.717) is 55.7 Å². The van der Waals surface area contributed by atoms with Crippen LogP contribution in [0.3, 0.4) is 0 Å². The van der Waals surface area contributed by atoms with E-state index in [-0.39, 0.29) is 5.56 Å². The third kappa shape index (κ3) is 4.66. The van der Waals surface area contributed by atoms with Crippen LogP contribution in [0.4, 0.5) is 0 Å². The molecule has 0 bridgehead atoms. The second-order valence-electron chi connectivity index (χ2n) is 6.50. The monoisotopic (exact) mass is 472 g/mol. The highest BCUT2D eigenvalue weighted by atomic mass is 35.5. The van der Waals surface area contributed by atoms with Crippen molar-refractivity contribution < 1.29 is 9.47 Å². The third-order valence-corrected chi connectivity index (χ3v) is 6.06. The first-order chi connectivity index (χ1) is 15.1. The molecule has 0 aliphatic heterocycles. The molecule has 0 saturated carbocycles. The summed E-state index contributed by atoms with van der Waals surface area (Å²) < 4.78 is 12.6. The first kappa shape index (κ1) is 21.6. The van der Waals surface area contributed by atoms with Gasteiger partial charge in [0.05, 0.1) is 40.4 Å². The standard InChI is InChI=1S/C23H18Cl2N2O3S/c1-29-20-11-10-15(14-18(20)25)27-22(28)16-6-2-4-8-19(16)26-23(27)31-13-12-30-21-9-5-3-7-17(21)24/h2-11,14H,12-13H2,1H3. The molecule has 0 atom stereocenters. The first-order valence-corrected chi connectivity index (χ1v) is 11.2. The minimum atomic E-state index is -0.165. The molecule has 0 saturated heterocycles. The molecule has 8 heteroatoms. The SMILES string of the molecule is COc1ccc(-n2c(SCCOc3ccccc3Cl)nc3ccccc3c2=O)cc1Cl. The van der Waals surface area contributed by atoms with Crippen molar-refractivity contribution in [3.8, 4) is 17.2 Å². The van der Waals surface area contributed by atoms with Crippen molar-refractivity contribution in [2.45, 2.75) is 5.16 Å². The lowest BCUT2D eigenvalue weighted by Gasteiger charge is -2.14. The molecule has 4 rings (SSSR count). The number of halogens is 2. The van der Waals surface area contributed by atoms with Gasteiger partial charge in [0.15, 0.2) is 5.16 Å². The summed E-state index contributed by atoms with van der Waals surface area (Å²) in [6, 6.07) is 19.8. The molecule has 0 spiro atoms. The van der Waals surface area contributed by atoms with Crippen molar-refractivity contribution in [1.82, 2.24) is 9.55 Å². The van der Waals surface area contributed by atoms with Crippen LogP contribution in [0.5, 0.6) is 11.5 Å². The van der Waals surface area contributed by atoms with Gasteiger partial charge >= 0.3 is 0 Å². The van der Waals surface area contributed by atoms with E-state index in [1.165, 1.54) is 11.8 Å². The summed E-state index contributed by atoms with van der Waals surface area (Å²) in [6.07, 6.45) is 0. The van der Waals surface area contributed by atoms with Crippen LogP contribution in [-0.4, -0.2) is 29.0 Å². The predicted octanol–water partition coefficient (Wildman–Crippen LogP) is 5.87. The number of methoxy groups -OCH3 is 1. The van der Waals surface area contributed by atoms with Crippen LogP contribution in [0.15, 0.2) is 76.7 Å². The summed E-state index contributed by atoms with van der Waals surface area (Å²) in [4.78, 5) is 18.0. The Balaban J connectivity index is 1.66. The molecule has 1 aromatic heterocycles. The molecule has 0 unspecified atom stereocenters. The lowest BCUT2D eigenvalue weighted by molar-refractivity contribution is 0.344. The number of hydrogen-bond acceptors (Lipinski definition) is 5. The highest BCUT2D eigenvalue weighted by molar-refractivity contribution is 7.99. The highest BCUT2D eigenvalue weighted by Crippen LogP contribution is 2.29. The number of para-hydroxylation sites is 2. The van der Waals surface area contributed by atoms with Gasteiger partial charge in [0, 0.05) is 5.75 Å². The average Bonchev–Trinajstić information content (AvgIpc) is 2.78. The Morgan fingerprint density at radius 3 is 2.52 bits per heavy atom. The minimum absolute atomic E-state index is 0.165. The van der Waals surface area contributed by atoms with E-state index in [1.54, 1.807) is 42.0 Å². The Labute approximate surface area is 193 Å². The van der Waals surface area contributed by atoms with E-state index in [1.807, 2.05) is 36.4 Å². The number of hydrogen-bond donors (Lipinski definition) is 0. The molecule has 5 nitrogen and oxygen atoms in total. The van der Waals surface area contributed by atoms with E-state index in [0.717, 1.165) is 0 Å². The Morgan fingerprint density at radius 1 is 0.968 bits per heavy atom. The van der Waals surface area contributed by atoms with Crippen molar-refractivity contribution in [2.24, 2.45) is 0 Å². The van der Waals surface area contributed by atoms with Gasteiger partial charge in [0.1, 0.15) is 11.5 Å². The van der Waals surface area contributed by atoms with Crippen molar-refractivity contribution in [1.29, 1.82) is 0 Å². The van der Waals surface area contributed by atoms with Crippen molar-refractivity contribution >= 4 is 45.9 Å². The van der Waals surface area contributed by atoms with Crippen LogP contribution >= 0.6 is 35.0 Å². The van der Waals surface area contributed by atoms with Gasteiger partial charge in [-0.15, -0.1) is 0 Å². The van der Waals surface area contributed by atoms with Gasteiger partial charge in [-0.25, -0.2) is 4.98 Å². The van der Waals surface area contributed by atoms with Gasteiger partial charge < -0.3 is 9.47 Å². The Morgan fingerprint density at radius 2 is 1.74 bits per heavy atom. The average molecular weight is 473 g/mol. The van der Waals surface area contributed by atoms with E-state index >= 15 is 0 Å². The molecule has 31 heavy (non-hydrogen) atoms. The molecule has 0 N–H and O–H groups in total. The van der Waals surface area contributed by atoms with E-state index in [9.17, 15) is 4.79 Å². The highest BCUT2D eigenvalue weighted by Gasteiger charge is 2.15. The van der Waals surface area contributed by atoms with E-state index in [4.69, 9.17) is 37.7 Å². The quantitative estimate of drug-likeness (QED) is 0.191. The minimum Gasteiger partial charge on any atom is -0.495 e. The maximum absolute atomic E-state index is 13.3. The Kier molecular flexibility index (Phi) is 6.70. The zero-order chi connectivity index (χ0) is 21.8. The fourth-order valence-corrected chi connectivity index (χ4v) is 4.35. The van der Waals surface area contributed by atoms with Crippen molar-refractivity contribution in [3.05, 3.63) is 87.1 Å². The van der Waals surface area contributed by atoms with Crippen LogP contribution in [0.25, 0.3) is 16.6 Å². The predicted molar refractivity (Wildman–Crippen MR) is 127 cm³/mol. The van der Waals surface area contributed by atoms with Crippen molar-refractivity contribution in [3.63, 3.8) is 0 Å². The summed E-state index contributed by atoms with van der Waals surface area (Å²) in [5.74, 6) is 1.73. The van der Waals surface area contributed by atoms with Gasteiger partial charge in [-0.1, -0.05) is 59.2 Å². The van der Waals surface area contributed by atoms with Gasteiger partial charge in [-0.3, -0.25) is 9.36 Å². The van der Waals surface area contributed by atoms with E-state index < -0.39 is 0 Å². The number of ether oxygens (including phenoxy) is 2. The normalized spacial score (nSPS) is 10.9. The summed E-state index contributed by atoms with van der Waals surface area (Å²) >= 11 is 13.9. The summed E-state index contributed by atoms with van der Waals surface area (Å²) in [5.41, 5.74) is 1.09. The molecule has 1 heterocycles. The third-order valence-electron chi connectivity index (χ3n) is 4.55. The van der Waals surface area contributed by atoms with Crippen LogP contribution in [0.1, 0.15) is 0 Å². The molecule has 0 fully saturated rings. The van der Waals surface area contributed by atoms with E-state index in [2.05, 4.69) is 0 Å². The summed E-state index contributed by atoms with van der Waals surface area (Å²) in [7, 11) is 1.55. The Hall–Kier alpha value is -2.67. The molecular formula is C23H18Cl2N2O3S. The van der Waals surface area contributed by atoms with Gasteiger partial charge in [0.2, 0.25) is 0 Å². The number of aromatic nitrogens is 2. The van der Waals surface area contributed by atoms with Crippen LogP contribution < -0.4 is 15.0 Å². The van der Waals surface area contributed by atoms with Gasteiger partial charge in [-0.2, -0.15) is 0 Å². The lowest BCUT2D eigenvalue weighted by Crippen LogP contribution is -2.22. The second-order valence-corrected chi connectivity index (χ2v) is 8.37. The Bertz CT molecular complexity index is 1290. The summed E-state index contributed by atoms with van der Waals surface area (Å²) in [5, 5.41) is 2.05. The molecule has 0 radical (unpaired) electrons. The second kappa shape index (κ2) is 9.64. The zero-order valence-corrected chi connectivity index (χ0v) is 18.9. The molecule has 0 amide bonds. The van der Waals surface area contributed by atoms with Crippen molar-refractivity contribution in [2.75, 3.05) is 19.5 Å². The largest absolute Gasteiger partial charge is 0.495 e. The topological polar surface area (TPSA) is 53.4 Å². The molecule has 0 aliphatic rings. The fourth-order valence-electron chi connectivity index (χ4n) is 3.08. The van der Waals surface area contributed by atoms with Crippen LogP contribution in [0, 0.1) is 0 Å². The number of thioether (sulfide) groups is 1. The van der Waals surface area contributed by atoms with Gasteiger partial charge in [-0.05, 0) is 42.5 Å². The molecule has 0 aliphatic carbocycles. The van der Waals surface area contributed by atoms with Gasteiger partial charge in [0.25, 0.3) is 5.56 Å². The number of nitrogens with zero attached hydrogens (tertiary/aromatic N) is 2. The molecular weight excluding hydrogens is 455 g/mol. The molecule has 4 aromatic rings. The zero-order valence-electron chi connectivity index (χ0n) is 16.5. The number of benzene rings is 3. The maximum atomic E-state index is 13.3. The summed E-state index contributed by atoms with van der Waals surface area (Å²) in [6.45, 7) is 0.403. The van der Waals surface area contributed by atoms with Crippen LogP contribution in [0.2, 0.25) is 10.0 Å². The first-order valence-electron chi connectivity index (χ1n) is 9.44. The molecule has 158 valence electrons. The molecule has 3 aromatic carbocycles. The maximum Gasteiger partial charge on any atom is 0.266 e. The number of rotatable bonds is 7. The van der Waals surface area contributed by atoms with Crippen LogP contribution in [-0.2, 0) is 0 Å². The number of fused-ring (bicyclic) bond motifs is 1. The smallest absolute Gasteiger partial charge is 0.266 e. The lowest BCUT2D eigenvalue weighted by atomic mass is 10.2. The fraction of sp³-hybridized carbons (Fsp3) is 0.130.